The number of ether oxygens (including phenoxy) is 1. The lowest BCUT2D eigenvalue weighted by atomic mass is 10.3. The second kappa shape index (κ2) is 6.20. The standard InChI is InChI=1S/C9H14BrN3O3S/c1-16-5-4-12-17(14,15)13-7-2-3-8(10)9(11)6-7/h2-3,6,12-13H,4-5,11H2,1H3. The molecule has 0 fully saturated rings. The second-order valence-corrected chi connectivity index (χ2v) is 5.58. The fourth-order valence-electron chi connectivity index (χ4n) is 1.08. The Kier molecular flexibility index (Phi) is 5.19. The van der Waals surface area contributed by atoms with E-state index in [0.29, 0.717) is 22.5 Å². The van der Waals surface area contributed by atoms with E-state index in [4.69, 9.17) is 10.5 Å². The van der Waals surface area contributed by atoms with Crippen LogP contribution in [-0.4, -0.2) is 28.7 Å². The summed E-state index contributed by atoms with van der Waals surface area (Å²) in [7, 11) is -2.09. The van der Waals surface area contributed by atoms with Crippen LogP contribution in [0.15, 0.2) is 22.7 Å². The van der Waals surface area contributed by atoms with Gasteiger partial charge in [0.1, 0.15) is 0 Å². The monoisotopic (exact) mass is 323 g/mol. The van der Waals surface area contributed by atoms with Crippen LogP contribution >= 0.6 is 15.9 Å². The normalized spacial score (nSPS) is 11.4. The zero-order chi connectivity index (χ0) is 12.9. The molecule has 0 unspecified atom stereocenters. The molecule has 6 nitrogen and oxygen atoms in total. The van der Waals surface area contributed by atoms with Crippen molar-refractivity contribution in [2.75, 3.05) is 30.7 Å². The quantitative estimate of drug-likeness (QED) is 0.536. The van der Waals surface area contributed by atoms with Crippen LogP contribution in [0, 0.1) is 0 Å². The highest BCUT2D eigenvalue weighted by molar-refractivity contribution is 9.10. The van der Waals surface area contributed by atoms with Crippen LogP contribution in [0.5, 0.6) is 0 Å². The van der Waals surface area contributed by atoms with E-state index in [1.165, 1.54) is 13.2 Å². The smallest absolute Gasteiger partial charge is 0.299 e. The van der Waals surface area contributed by atoms with Crippen molar-refractivity contribution in [2.45, 2.75) is 0 Å². The number of anilines is 2. The van der Waals surface area contributed by atoms with Crippen LogP contribution in [0.4, 0.5) is 11.4 Å². The molecule has 17 heavy (non-hydrogen) atoms. The molecule has 1 rings (SSSR count). The first-order valence-electron chi connectivity index (χ1n) is 4.76. The molecule has 1 aromatic carbocycles. The summed E-state index contributed by atoms with van der Waals surface area (Å²) in [5, 5.41) is 0. The second-order valence-electron chi connectivity index (χ2n) is 3.23. The molecule has 0 amide bonds. The van der Waals surface area contributed by atoms with Crippen molar-refractivity contribution in [1.82, 2.24) is 4.72 Å². The molecule has 96 valence electrons. The molecule has 0 aliphatic heterocycles. The minimum absolute atomic E-state index is 0.206. The average Bonchev–Trinajstić information content (AvgIpc) is 2.23. The van der Waals surface area contributed by atoms with Crippen LogP contribution in [-0.2, 0) is 14.9 Å². The van der Waals surface area contributed by atoms with Gasteiger partial charge in [0.2, 0.25) is 0 Å². The van der Waals surface area contributed by atoms with E-state index in [1.54, 1.807) is 12.1 Å². The van der Waals surface area contributed by atoms with Crippen molar-refractivity contribution in [3.05, 3.63) is 22.7 Å². The third-order valence-corrected chi connectivity index (χ3v) is 3.66. The van der Waals surface area contributed by atoms with Gasteiger partial charge in [0.15, 0.2) is 0 Å². The number of rotatable bonds is 6. The predicted octanol–water partition coefficient (Wildman–Crippen LogP) is 0.924. The summed E-state index contributed by atoms with van der Waals surface area (Å²) < 4.78 is 33.2. The van der Waals surface area contributed by atoms with E-state index < -0.39 is 10.2 Å². The summed E-state index contributed by atoms with van der Waals surface area (Å²) in [6.07, 6.45) is 0. The maximum Gasteiger partial charge on any atom is 0.299 e. The van der Waals surface area contributed by atoms with Crippen LogP contribution < -0.4 is 15.2 Å². The number of hydrogen-bond acceptors (Lipinski definition) is 4. The van der Waals surface area contributed by atoms with Crippen molar-refractivity contribution >= 4 is 37.5 Å². The molecule has 0 aliphatic rings. The Hall–Kier alpha value is -0.830. The Bertz CT molecular complexity index is 478. The first kappa shape index (κ1) is 14.2. The van der Waals surface area contributed by atoms with Crippen molar-refractivity contribution < 1.29 is 13.2 Å². The van der Waals surface area contributed by atoms with Gasteiger partial charge in [-0.15, -0.1) is 0 Å². The Morgan fingerprint density at radius 1 is 1.47 bits per heavy atom. The van der Waals surface area contributed by atoms with Gasteiger partial charge in [-0.05, 0) is 34.1 Å². The van der Waals surface area contributed by atoms with E-state index in [2.05, 4.69) is 25.4 Å². The molecule has 0 heterocycles. The Morgan fingerprint density at radius 2 is 2.18 bits per heavy atom. The molecule has 0 aromatic heterocycles. The van der Waals surface area contributed by atoms with Gasteiger partial charge in [0, 0.05) is 23.8 Å². The molecule has 0 spiro atoms. The molecule has 0 saturated heterocycles. The number of nitrogens with two attached hydrogens (primary N) is 1. The number of benzene rings is 1. The van der Waals surface area contributed by atoms with Crippen molar-refractivity contribution in [2.24, 2.45) is 0 Å². The number of nitrogen functional groups attached to an aromatic ring is 1. The van der Waals surface area contributed by atoms with Gasteiger partial charge < -0.3 is 10.5 Å². The topological polar surface area (TPSA) is 93.4 Å². The van der Waals surface area contributed by atoms with E-state index >= 15 is 0 Å². The van der Waals surface area contributed by atoms with Gasteiger partial charge >= 0.3 is 0 Å². The molecule has 4 N–H and O–H groups in total. The zero-order valence-electron chi connectivity index (χ0n) is 9.23. The Balaban J connectivity index is 2.66. The van der Waals surface area contributed by atoms with Gasteiger partial charge in [-0.2, -0.15) is 13.1 Å². The van der Waals surface area contributed by atoms with E-state index in [0.717, 1.165) is 0 Å². The molecule has 0 aliphatic carbocycles. The van der Waals surface area contributed by atoms with Crippen molar-refractivity contribution in [3.63, 3.8) is 0 Å². The maximum atomic E-state index is 11.5. The van der Waals surface area contributed by atoms with Crippen molar-refractivity contribution in [3.8, 4) is 0 Å². The number of nitrogens with one attached hydrogen (secondary N) is 2. The van der Waals surface area contributed by atoms with Crippen LogP contribution in [0.25, 0.3) is 0 Å². The van der Waals surface area contributed by atoms with Crippen LogP contribution in [0.1, 0.15) is 0 Å². The highest BCUT2D eigenvalue weighted by atomic mass is 79.9. The number of hydrogen-bond donors (Lipinski definition) is 3. The van der Waals surface area contributed by atoms with Gasteiger partial charge in [-0.3, -0.25) is 4.72 Å². The zero-order valence-corrected chi connectivity index (χ0v) is 11.6. The molecular weight excluding hydrogens is 310 g/mol. The van der Waals surface area contributed by atoms with Crippen LogP contribution in [0.3, 0.4) is 0 Å². The molecule has 0 atom stereocenters. The molecule has 0 bridgehead atoms. The highest BCUT2D eigenvalue weighted by Gasteiger charge is 2.09. The third-order valence-electron chi connectivity index (χ3n) is 1.85. The molecule has 8 heteroatoms. The summed E-state index contributed by atoms with van der Waals surface area (Å²) in [5.74, 6) is 0. The first-order chi connectivity index (χ1) is 7.94. The van der Waals surface area contributed by atoms with Gasteiger partial charge in [0.05, 0.1) is 12.3 Å². The summed E-state index contributed by atoms with van der Waals surface area (Å²) in [4.78, 5) is 0. The summed E-state index contributed by atoms with van der Waals surface area (Å²) >= 11 is 3.23. The van der Waals surface area contributed by atoms with Gasteiger partial charge in [-0.1, -0.05) is 0 Å². The Labute approximate surface area is 109 Å². The average molecular weight is 324 g/mol. The predicted molar refractivity (Wildman–Crippen MR) is 71.0 cm³/mol. The van der Waals surface area contributed by atoms with E-state index in [-0.39, 0.29) is 6.54 Å². The summed E-state index contributed by atoms with van der Waals surface area (Å²) in [6.45, 7) is 0.515. The van der Waals surface area contributed by atoms with Crippen LogP contribution in [0.2, 0.25) is 0 Å². The van der Waals surface area contributed by atoms with Gasteiger partial charge in [-0.25, -0.2) is 0 Å². The van der Waals surface area contributed by atoms with Crippen molar-refractivity contribution in [1.29, 1.82) is 0 Å². The lowest BCUT2D eigenvalue weighted by molar-refractivity contribution is 0.204. The first-order valence-corrected chi connectivity index (χ1v) is 7.03. The highest BCUT2D eigenvalue weighted by Crippen LogP contribution is 2.23. The minimum Gasteiger partial charge on any atom is -0.398 e. The number of methoxy groups -OCH3 is 1. The maximum absolute atomic E-state index is 11.5. The van der Waals surface area contributed by atoms with E-state index in [1.807, 2.05) is 0 Å². The SMILES string of the molecule is COCCNS(=O)(=O)Nc1ccc(Br)c(N)c1. The third kappa shape index (κ3) is 4.90. The molecule has 0 saturated carbocycles. The molecule has 0 radical (unpaired) electrons. The minimum atomic E-state index is -3.59. The van der Waals surface area contributed by atoms with E-state index in [9.17, 15) is 8.42 Å². The molecular formula is C9H14BrN3O3S. The molecule has 1 aromatic rings. The summed E-state index contributed by atoms with van der Waals surface area (Å²) in [6, 6.07) is 4.80. The van der Waals surface area contributed by atoms with Gasteiger partial charge in [0.25, 0.3) is 10.2 Å². The lowest BCUT2D eigenvalue weighted by Gasteiger charge is -2.09. The fraction of sp³-hybridized carbons (Fsp3) is 0.333. The summed E-state index contributed by atoms with van der Waals surface area (Å²) in [5.41, 5.74) is 6.50. The largest absolute Gasteiger partial charge is 0.398 e. The number of halogens is 1. The lowest BCUT2D eigenvalue weighted by Crippen LogP contribution is -2.32. The Morgan fingerprint density at radius 3 is 2.76 bits per heavy atom. The fourth-order valence-corrected chi connectivity index (χ4v) is 2.18.